The van der Waals surface area contributed by atoms with Crippen molar-refractivity contribution >= 4 is 0 Å². The van der Waals surface area contributed by atoms with E-state index in [1.807, 2.05) is 15.6 Å². The molecule has 0 bridgehead atoms. The van der Waals surface area contributed by atoms with Gasteiger partial charge in [0.25, 0.3) is 0 Å². The van der Waals surface area contributed by atoms with Gasteiger partial charge in [-0.15, -0.1) is 0 Å². The van der Waals surface area contributed by atoms with Crippen molar-refractivity contribution in [3.8, 4) is 0 Å². The van der Waals surface area contributed by atoms with E-state index in [2.05, 4.69) is 48.5 Å². The molecule has 98 valence electrons. The maximum atomic E-state index is 4.44. The Morgan fingerprint density at radius 3 is 2.50 bits per heavy atom. The highest BCUT2D eigenvalue weighted by atomic mass is 15.3. The first-order valence-electron chi connectivity index (χ1n) is 6.49. The number of rotatable bonds is 6. The predicted octanol–water partition coefficient (Wildman–Crippen LogP) is 1.72. The molecule has 2 aromatic rings. The molecule has 2 heterocycles. The zero-order valence-electron chi connectivity index (χ0n) is 11.3. The second-order valence-electron chi connectivity index (χ2n) is 4.36. The number of hydrogen-bond acceptors (Lipinski definition) is 3. The minimum absolute atomic E-state index is 0.795. The van der Waals surface area contributed by atoms with E-state index < -0.39 is 0 Å². The minimum Gasteiger partial charge on any atom is -0.307 e. The third kappa shape index (κ3) is 2.98. The highest BCUT2D eigenvalue weighted by Crippen LogP contribution is 2.05. The molecular weight excluding hydrogens is 226 g/mol. The molecule has 2 aromatic heterocycles. The van der Waals surface area contributed by atoms with Crippen LogP contribution in [0.25, 0.3) is 0 Å². The monoisotopic (exact) mass is 247 g/mol. The summed E-state index contributed by atoms with van der Waals surface area (Å²) in [7, 11) is 0. The molecule has 0 unspecified atom stereocenters. The molecule has 0 saturated heterocycles. The van der Waals surface area contributed by atoms with Crippen LogP contribution >= 0.6 is 0 Å². The van der Waals surface area contributed by atoms with E-state index in [1.54, 1.807) is 0 Å². The highest BCUT2D eigenvalue weighted by Gasteiger charge is 2.04. The van der Waals surface area contributed by atoms with Gasteiger partial charge in [-0.05, 0) is 26.8 Å². The normalized spacial score (nSPS) is 11.1. The first-order valence-corrected chi connectivity index (χ1v) is 6.49. The average molecular weight is 247 g/mol. The van der Waals surface area contributed by atoms with Crippen molar-refractivity contribution in [1.29, 1.82) is 0 Å². The number of nitrogens with zero attached hydrogens (tertiary/aromatic N) is 4. The van der Waals surface area contributed by atoms with Crippen LogP contribution < -0.4 is 5.32 Å². The largest absolute Gasteiger partial charge is 0.307 e. The lowest BCUT2D eigenvalue weighted by Gasteiger charge is -2.01. The quantitative estimate of drug-likeness (QED) is 0.845. The SMILES string of the molecule is CCn1ccc(CNCc2cn(CC)nc2C)n1. The van der Waals surface area contributed by atoms with Gasteiger partial charge in [0, 0.05) is 44.1 Å². The Kier molecular flexibility index (Phi) is 4.15. The molecule has 0 aliphatic rings. The molecule has 0 saturated carbocycles. The van der Waals surface area contributed by atoms with Crippen LogP contribution in [0.2, 0.25) is 0 Å². The van der Waals surface area contributed by atoms with Crippen molar-refractivity contribution in [2.45, 2.75) is 47.0 Å². The molecular formula is C13H21N5. The zero-order chi connectivity index (χ0) is 13.0. The summed E-state index contributed by atoms with van der Waals surface area (Å²) in [5.41, 5.74) is 3.44. The number of aromatic nitrogens is 4. The first kappa shape index (κ1) is 12.8. The highest BCUT2D eigenvalue weighted by molar-refractivity contribution is 5.15. The van der Waals surface area contributed by atoms with Gasteiger partial charge in [0.05, 0.1) is 11.4 Å². The Labute approximate surface area is 108 Å². The molecule has 2 rings (SSSR count). The van der Waals surface area contributed by atoms with E-state index in [9.17, 15) is 0 Å². The van der Waals surface area contributed by atoms with E-state index in [1.165, 1.54) is 5.56 Å². The standard InChI is InChI=1S/C13H21N5/c1-4-17-7-6-13(16-17)9-14-8-12-10-18(5-2)15-11(12)3/h6-7,10,14H,4-5,8-9H2,1-3H3. The molecule has 0 amide bonds. The van der Waals surface area contributed by atoms with Crippen molar-refractivity contribution in [1.82, 2.24) is 24.9 Å². The van der Waals surface area contributed by atoms with Crippen molar-refractivity contribution < 1.29 is 0 Å². The summed E-state index contributed by atoms with van der Waals surface area (Å²) in [6.07, 6.45) is 4.12. The summed E-state index contributed by atoms with van der Waals surface area (Å²) in [5.74, 6) is 0. The van der Waals surface area contributed by atoms with Gasteiger partial charge in [0.1, 0.15) is 0 Å². The van der Waals surface area contributed by atoms with Crippen molar-refractivity contribution in [3.05, 3.63) is 35.4 Å². The third-order valence-corrected chi connectivity index (χ3v) is 3.01. The third-order valence-electron chi connectivity index (χ3n) is 3.01. The number of nitrogens with one attached hydrogen (secondary N) is 1. The van der Waals surface area contributed by atoms with E-state index in [0.717, 1.165) is 37.6 Å². The van der Waals surface area contributed by atoms with Gasteiger partial charge in [0.15, 0.2) is 0 Å². The topological polar surface area (TPSA) is 47.7 Å². The lowest BCUT2D eigenvalue weighted by Crippen LogP contribution is -2.13. The molecule has 0 aromatic carbocycles. The molecule has 5 heteroatoms. The molecule has 0 aliphatic carbocycles. The number of aryl methyl sites for hydroxylation is 3. The van der Waals surface area contributed by atoms with Gasteiger partial charge in [-0.1, -0.05) is 0 Å². The predicted molar refractivity (Wildman–Crippen MR) is 71.1 cm³/mol. The lowest BCUT2D eigenvalue weighted by atomic mass is 10.2. The molecule has 0 spiro atoms. The molecule has 1 N–H and O–H groups in total. The Hall–Kier alpha value is -1.62. The molecule has 0 aliphatic heterocycles. The molecule has 0 fully saturated rings. The van der Waals surface area contributed by atoms with E-state index in [4.69, 9.17) is 0 Å². The molecule has 0 radical (unpaired) electrons. The summed E-state index contributed by atoms with van der Waals surface area (Å²) < 4.78 is 3.91. The van der Waals surface area contributed by atoms with Crippen LogP contribution in [0, 0.1) is 6.92 Å². The Balaban J connectivity index is 1.86. The van der Waals surface area contributed by atoms with Crippen LogP contribution in [0.4, 0.5) is 0 Å². The Bertz CT molecular complexity index is 497. The smallest absolute Gasteiger partial charge is 0.0762 e. The Morgan fingerprint density at radius 1 is 1.11 bits per heavy atom. The van der Waals surface area contributed by atoms with Gasteiger partial charge in [0.2, 0.25) is 0 Å². The van der Waals surface area contributed by atoms with Gasteiger partial charge < -0.3 is 5.32 Å². The second-order valence-corrected chi connectivity index (χ2v) is 4.36. The van der Waals surface area contributed by atoms with Crippen LogP contribution in [0.5, 0.6) is 0 Å². The molecule has 5 nitrogen and oxygen atoms in total. The lowest BCUT2D eigenvalue weighted by molar-refractivity contribution is 0.618. The number of hydrogen-bond donors (Lipinski definition) is 1. The van der Waals surface area contributed by atoms with Gasteiger partial charge in [-0.2, -0.15) is 10.2 Å². The molecule has 18 heavy (non-hydrogen) atoms. The van der Waals surface area contributed by atoms with Crippen LogP contribution in [-0.4, -0.2) is 19.6 Å². The van der Waals surface area contributed by atoms with E-state index >= 15 is 0 Å². The van der Waals surface area contributed by atoms with Gasteiger partial charge in [-0.3, -0.25) is 9.36 Å². The summed E-state index contributed by atoms with van der Waals surface area (Å²) in [5, 5.41) is 12.3. The van der Waals surface area contributed by atoms with Crippen molar-refractivity contribution in [2.75, 3.05) is 0 Å². The van der Waals surface area contributed by atoms with Crippen LogP contribution in [-0.2, 0) is 26.2 Å². The maximum absolute atomic E-state index is 4.44. The fourth-order valence-electron chi connectivity index (χ4n) is 1.89. The van der Waals surface area contributed by atoms with E-state index in [0.29, 0.717) is 0 Å². The van der Waals surface area contributed by atoms with Gasteiger partial charge >= 0.3 is 0 Å². The van der Waals surface area contributed by atoms with Crippen LogP contribution in [0.15, 0.2) is 18.5 Å². The summed E-state index contributed by atoms with van der Waals surface area (Å²) >= 11 is 0. The van der Waals surface area contributed by atoms with E-state index in [-0.39, 0.29) is 0 Å². The minimum atomic E-state index is 0.795. The summed E-state index contributed by atoms with van der Waals surface area (Å²) in [6.45, 7) is 9.71. The van der Waals surface area contributed by atoms with Gasteiger partial charge in [-0.25, -0.2) is 0 Å². The Morgan fingerprint density at radius 2 is 1.89 bits per heavy atom. The molecule has 0 atom stereocenters. The first-order chi connectivity index (χ1) is 8.72. The van der Waals surface area contributed by atoms with Crippen molar-refractivity contribution in [3.63, 3.8) is 0 Å². The van der Waals surface area contributed by atoms with Crippen molar-refractivity contribution in [2.24, 2.45) is 0 Å². The summed E-state index contributed by atoms with van der Waals surface area (Å²) in [6, 6.07) is 2.05. The zero-order valence-corrected chi connectivity index (χ0v) is 11.3. The van der Waals surface area contributed by atoms with Crippen LogP contribution in [0.3, 0.4) is 0 Å². The average Bonchev–Trinajstić information content (AvgIpc) is 2.97. The van der Waals surface area contributed by atoms with Crippen LogP contribution in [0.1, 0.15) is 30.8 Å². The summed E-state index contributed by atoms with van der Waals surface area (Å²) in [4.78, 5) is 0. The fourth-order valence-corrected chi connectivity index (χ4v) is 1.89. The maximum Gasteiger partial charge on any atom is 0.0762 e. The second kappa shape index (κ2) is 5.82. The fraction of sp³-hybridized carbons (Fsp3) is 0.538.